The highest BCUT2D eigenvalue weighted by Gasteiger charge is 2.28. The molecular formula is C68H58N10O6S2. The number of sulfonamides is 2. The number of aromatic hydroxyl groups is 2. The van der Waals surface area contributed by atoms with Crippen LogP contribution >= 0.6 is 0 Å². The SMILES string of the molecule is CN1C(c2ccc(S(=O)(=O)Nc3ccccn3)cc2)C=c2/c(=C\c3ccc(S(=O)(=O)Nc4ccccn4)cc3)c3cc(O)ccc3n21.CN1C(c2ccccc2)C=c2/c(=C\c3ccc(N)cc3)c3cc(O)ccc3n21.Nc1cccc2ccccc12. The highest BCUT2D eigenvalue weighted by Crippen LogP contribution is 2.30. The first-order chi connectivity index (χ1) is 41.6. The normalized spacial score (nSPS) is 14.8. The predicted molar refractivity (Wildman–Crippen MR) is 344 cm³/mol. The molecule has 2 atom stereocenters. The molecule has 0 aliphatic carbocycles. The smallest absolute Gasteiger partial charge is 0.263 e. The Bertz CT molecular complexity index is 4990. The molecule has 8 aromatic carbocycles. The summed E-state index contributed by atoms with van der Waals surface area (Å²) in [5.74, 6) is 0.851. The Morgan fingerprint density at radius 2 is 0.907 bits per heavy atom. The molecule has 0 spiro atoms. The highest BCUT2D eigenvalue weighted by atomic mass is 32.2. The van der Waals surface area contributed by atoms with Crippen LogP contribution in [0.1, 0.15) is 34.3 Å². The standard InChI is InChI=1S/C34H28N6O5S2.C24H21N3O.C10H9N/c1-39-31(24-10-15-27(16-11-24)47(44,45)38-34-7-3-5-19-36-34)22-32-28(29-21-25(41)12-17-30(29)40(32)39)20-23-8-13-26(14-9-23)46(42,43)37-33-6-2-4-18-35-33;1-26-23(17-5-3-2-4-6-17)15-24-20(13-16-7-9-18(25)10-8-16)21-14-19(28)11-12-22(21)27(24)26;11-10-7-3-5-8-4-1-2-6-9(8)10/h2-22,31,41H,1H3,(H,35,37)(H,36,38);2-15,23,28H,25H2,1H3;1-7H,11H2/b28-20-;20-13-;. The van der Waals surface area contributed by atoms with Crippen LogP contribution in [0.5, 0.6) is 11.5 Å². The zero-order chi connectivity index (χ0) is 59.7. The van der Waals surface area contributed by atoms with E-state index in [0.717, 1.165) is 76.4 Å². The molecule has 0 saturated carbocycles. The van der Waals surface area contributed by atoms with Crippen molar-refractivity contribution in [3.63, 3.8) is 0 Å². The molecule has 86 heavy (non-hydrogen) atoms. The monoisotopic (exact) mass is 1170 g/mol. The summed E-state index contributed by atoms with van der Waals surface area (Å²) in [6.45, 7) is 0. The summed E-state index contributed by atoms with van der Waals surface area (Å²) in [7, 11) is -3.62. The van der Waals surface area contributed by atoms with E-state index in [1.165, 1.54) is 35.5 Å². The first kappa shape index (κ1) is 55.7. The van der Waals surface area contributed by atoms with E-state index in [1.54, 1.807) is 91.0 Å². The van der Waals surface area contributed by atoms with Crippen molar-refractivity contribution in [2.75, 3.05) is 45.0 Å². The number of nitrogens with two attached hydrogens (primary N) is 2. The summed E-state index contributed by atoms with van der Waals surface area (Å²) in [5, 5.41) is 32.8. The fourth-order valence-corrected chi connectivity index (χ4v) is 13.0. The molecule has 0 bridgehead atoms. The zero-order valence-electron chi connectivity index (χ0n) is 46.6. The number of phenolic OH excluding ortho intramolecular Hbond substituents is 2. The second-order valence-electron chi connectivity index (χ2n) is 20.7. The van der Waals surface area contributed by atoms with Crippen molar-refractivity contribution >= 4 is 99.9 Å². The van der Waals surface area contributed by atoms with E-state index in [-0.39, 0.29) is 45.0 Å². The molecule has 0 amide bonds. The molecule has 428 valence electrons. The summed E-state index contributed by atoms with van der Waals surface area (Å²) in [6, 6.07) is 66.2. The number of anilines is 4. The average molecular weight is 1180 g/mol. The predicted octanol–water partition coefficient (Wildman–Crippen LogP) is 8.95. The lowest BCUT2D eigenvalue weighted by Crippen LogP contribution is -2.35. The molecule has 2 unspecified atom stereocenters. The number of benzene rings is 8. The molecule has 0 radical (unpaired) electrons. The van der Waals surface area contributed by atoms with Gasteiger partial charge in [-0.05, 0) is 155 Å². The van der Waals surface area contributed by atoms with Crippen LogP contribution in [0.4, 0.5) is 23.0 Å². The van der Waals surface area contributed by atoms with Crippen LogP contribution in [-0.4, -0.2) is 60.5 Å². The third-order valence-electron chi connectivity index (χ3n) is 15.1. The second kappa shape index (κ2) is 23.1. The Morgan fingerprint density at radius 1 is 0.465 bits per heavy atom. The maximum absolute atomic E-state index is 12.9. The van der Waals surface area contributed by atoms with E-state index < -0.39 is 20.0 Å². The van der Waals surface area contributed by atoms with Gasteiger partial charge in [0.2, 0.25) is 0 Å². The molecule has 18 heteroatoms. The van der Waals surface area contributed by atoms with E-state index in [1.807, 2.05) is 102 Å². The van der Waals surface area contributed by atoms with E-state index in [0.29, 0.717) is 0 Å². The number of nitrogen functional groups attached to an aromatic ring is 2. The Labute approximate surface area is 496 Å². The minimum atomic E-state index is -3.84. The van der Waals surface area contributed by atoms with Crippen LogP contribution in [0.15, 0.2) is 241 Å². The van der Waals surface area contributed by atoms with Crippen molar-refractivity contribution < 1.29 is 27.0 Å². The molecule has 8 N–H and O–H groups in total. The number of hydrogen-bond donors (Lipinski definition) is 6. The number of nitrogens with zero attached hydrogens (tertiary/aromatic N) is 6. The first-order valence-corrected chi connectivity index (χ1v) is 30.4. The molecule has 0 fully saturated rings. The minimum absolute atomic E-state index is 0.0944. The molecule has 2 aliphatic heterocycles. The number of phenols is 2. The lowest BCUT2D eigenvalue weighted by molar-refractivity contribution is 0.475. The van der Waals surface area contributed by atoms with Crippen LogP contribution in [-0.2, 0) is 20.0 Å². The van der Waals surface area contributed by atoms with Gasteiger partial charge in [0.05, 0.1) is 43.6 Å². The Balaban J connectivity index is 0.000000155. The van der Waals surface area contributed by atoms with Crippen LogP contribution in [0.2, 0.25) is 0 Å². The van der Waals surface area contributed by atoms with E-state index in [9.17, 15) is 27.0 Å². The Morgan fingerprint density at radius 3 is 1.40 bits per heavy atom. The maximum atomic E-state index is 12.9. The molecule has 12 aromatic rings. The summed E-state index contributed by atoms with van der Waals surface area (Å²) in [6.07, 6.45) is 11.5. The van der Waals surface area contributed by atoms with Crippen molar-refractivity contribution in [2.24, 2.45) is 0 Å². The zero-order valence-corrected chi connectivity index (χ0v) is 48.2. The van der Waals surface area contributed by atoms with Gasteiger partial charge in [0.15, 0.2) is 0 Å². The fraction of sp³-hybridized carbons (Fsp3) is 0.0588. The number of nitrogens with one attached hydrogen (secondary N) is 2. The van der Waals surface area contributed by atoms with Gasteiger partial charge in [0.25, 0.3) is 20.0 Å². The average Bonchev–Trinajstić information content (AvgIpc) is 1.73. The summed E-state index contributed by atoms with van der Waals surface area (Å²) >= 11 is 0. The Hall–Kier alpha value is -10.8. The van der Waals surface area contributed by atoms with Gasteiger partial charge in [-0.25, -0.2) is 26.8 Å². The van der Waals surface area contributed by atoms with Crippen molar-refractivity contribution in [1.29, 1.82) is 0 Å². The Kier molecular flexibility index (Phi) is 15.0. The van der Waals surface area contributed by atoms with E-state index >= 15 is 0 Å². The molecule has 2 aliphatic rings. The summed E-state index contributed by atoms with van der Waals surface area (Å²) < 4.78 is 61.0. The lowest BCUT2D eigenvalue weighted by Gasteiger charge is -2.25. The molecule has 0 saturated heterocycles. The first-order valence-electron chi connectivity index (χ1n) is 27.4. The van der Waals surface area contributed by atoms with Gasteiger partial charge in [-0.15, -0.1) is 0 Å². The third kappa shape index (κ3) is 11.2. The van der Waals surface area contributed by atoms with Crippen molar-refractivity contribution in [3.8, 4) is 11.5 Å². The number of fused-ring (bicyclic) bond motifs is 7. The molecule has 14 rings (SSSR count). The minimum Gasteiger partial charge on any atom is -0.508 e. The van der Waals surface area contributed by atoms with Gasteiger partial charge in [0, 0.05) is 64.5 Å². The van der Waals surface area contributed by atoms with Crippen LogP contribution in [0.25, 0.3) is 56.9 Å². The van der Waals surface area contributed by atoms with Crippen molar-refractivity contribution in [3.05, 3.63) is 274 Å². The second-order valence-corrected chi connectivity index (χ2v) is 24.1. The summed E-state index contributed by atoms with van der Waals surface area (Å²) in [5.41, 5.74) is 19.1. The number of hydrogen-bond acceptors (Lipinski definition) is 12. The number of aromatic nitrogens is 4. The van der Waals surface area contributed by atoms with Gasteiger partial charge >= 0.3 is 0 Å². The van der Waals surface area contributed by atoms with Gasteiger partial charge in [0.1, 0.15) is 23.1 Å². The largest absolute Gasteiger partial charge is 0.508 e. The highest BCUT2D eigenvalue weighted by molar-refractivity contribution is 7.93. The summed E-state index contributed by atoms with van der Waals surface area (Å²) in [4.78, 5) is 8.28. The number of rotatable bonds is 10. The van der Waals surface area contributed by atoms with E-state index in [2.05, 4.69) is 90.8 Å². The van der Waals surface area contributed by atoms with Crippen LogP contribution in [0.3, 0.4) is 0 Å². The fourth-order valence-electron chi connectivity index (χ4n) is 11.0. The molecule has 16 nitrogen and oxygen atoms in total. The van der Waals surface area contributed by atoms with Gasteiger partial charge in [-0.1, -0.05) is 115 Å². The van der Waals surface area contributed by atoms with Gasteiger partial charge < -0.3 is 31.7 Å². The van der Waals surface area contributed by atoms with Crippen molar-refractivity contribution in [2.45, 2.75) is 21.9 Å². The molecule has 4 aromatic heterocycles. The van der Waals surface area contributed by atoms with Crippen molar-refractivity contribution in [1.82, 2.24) is 19.3 Å². The maximum Gasteiger partial charge on any atom is 0.263 e. The topological polar surface area (TPSA) is 227 Å². The quantitative estimate of drug-likeness (QED) is 0.0706. The van der Waals surface area contributed by atoms with Gasteiger partial charge in [-0.2, -0.15) is 0 Å². The van der Waals surface area contributed by atoms with E-state index in [4.69, 9.17) is 11.5 Å². The molecule has 6 heterocycles. The third-order valence-corrected chi connectivity index (χ3v) is 17.9. The van der Waals surface area contributed by atoms with Gasteiger partial charge in [-0.3, -0.25) is 18.8 Å². The molecular weight excluding hydrogens is 1120 g/mol. The number of pyridine rings is 2. The lowest BCUT2D eigenvalue weighted by atomic mass is 10.1. The van der Waals surface area contributed by atoms with Crippen LogP contribution in [0, 0.1) is 0 Å². The van der Waals surface area contributed by atoms with Crippen LogP contribution < -0.4 is 52.1 Å².